The van der Waals surface area contributed by atoms with E-state index in [0.717, 1.165) is 19.3 Å². The van der Waals surface area contributed by atoms with Crippen molar-refractivity contribution in [3.05, 3.63) is 0 Å². The lowest BCUT2D eigenvalue weighted by molar-refractivity contribution is -0.145. The molecule has 15 heavy (non-hydrogen) atoms. The number of ether oxygens (including phenoxy) is 1. The zero-order chi connectivity index (χ0) is 11.4. The first-order valence-electron chi connectivity index (χ1n) is 5.21. The molecule has 1 rings (SSSR count). The molecule has 0 radical (unpaired) electrons. The highest BCUT2D eigenvalue weighted by Crippen LogP contribution is 2.15. The molecule has 4 nitrogen and oxygen atoms in total. The van der Waals surface area contributed by atoms with E-state index >= 15 is 0 Å². The number of carbonyl (C=O) groups is 1. The number of amides is 1. The molecule has 1 saturated heterocycles. The Balaban J connectivity index is 2.54. The van der Waals surface area contributed by atoms with Crippen molar-refractivity contribution in [2.24, 2.45) is 5.73 Å². The summed E-state index contributed by atoms with van der Waals surface area (Å²) in [6.07, 6.45) is 2.58. The monoisotopic (exact) mass is 230 g/mol. The van der Waals surface area contributed by atoms with Crippen molar-refractivity contribution in [3.8, 4) is 0 Å². The topological polar surface area (TPSA) is 55.6 Å². The second-order valence-electron chi connectivity index (χ2n) is 3.88. The number of rotatable bonds is 3. The third-order valence-electron chi connectivity index (χ3n) is 2.80. The Labute approximate surface area is 95.8 Å². The maximum Gasteiger partial charge on any atom is 0.252 e. The average Bonchev–Trinajstić information content (AvgIpc) is 2.27. The van der Waals surface area contributed by atoms with Crippen LogP contribution in [0, 0.1) is 0 Å². The first-order valence-corrected chi connectivity index (χ1v) is 5.62. The van der Waals surface area contributed by atoms with Gasteiger partial charge in [-0.05, 0) is 26.2 Å². The van der Waals surface area contributed by atoms with Gasteiger partial charge in [-0.15, -0.1) is 0 Å². The Morgan fingerprint density at radius 2 is 2.27 bits per heavy atom. The Hall–Kier alpha value is -0.680. The van der Waals surface area contributed by atoms with E-state index in [9.17, 15) is 4.79 Å². The molecule has 86 valence electrons. The molecule has 1 aliphatic rings. The second-order valence-corrected chi connectivity index (χ2v) is 4.35. The minimum Gasteiger partial charge on any atom is -0.392 e. The molecule has 2 unspecified atom stereocenters. The normalized spacial score (nSPS) is 23.2. The average molecular weight is 230 g/mol. The Bertz CT molecular complexity index is 252. The van der Waals surface area contributed by atoms with Gasteiger partial charge in [0.1, 0.15) is 6.10 Å². The molecule has 1 heterocycles. The van der Waals surface area contributed by atoms with Crippen LogP contribution in [0.15, 0.2) is 0 Å². The number of thiocarbonyl (C=S) groups is 1. The zero-order valence-electron chi connectivity index (χ0n) is 9.23. The summed E-state index contributed by atoms with van der Waals surface area (Å²) in [5, 5.41) is 0. The lowest BCUT2D eigenvalue weighted by Gasteiger charge is -2.30. The van der Waals surface area contributed by atoms with Gasteiger partial charge in [-0.25, -0.2) is 0 Å². The summed E-state index contributed by atoms with van der Waals surface area (Å²) < 4.78 is 5.42. The van der Waals surface area contributed by atoms with Crippen LogP contribution in [0.3, 0.4) is 0 Å². The van der Waals surface area contributed by atoms with Crippen LogP contribution < -0.4 is 5.73 Å². The molecule has 2 N–H and O–H groups in total. The predicted octanol–water partition coefficient (Wildman–Crippen LogP) is 0.688. The molecule has 0 bridgehead atoms. The van der Waals surface area contributed by atoms with Crippen molar-refractivity contribution < 1.29 is 9.53 Å². The largest absolute Gasteiger partial charge is 0.392 e. The molecule has 0 aliphatic carbocycles. The van der Waals surface area contributed by atoms with Crippen molar-refractivity contribution in [1.82, 2.24) is 4.90 Å². The van der Waals surface area contributed by atoms with Gasteiger partial charge >= 0.3 is 0 Å². The van der Waals surface area contributed by atoms with Crippen LogP contribution in [0.4, 0.5) is 0 Å². The van der Waals surface area contributed by atoms with Gasteiger partial charge < -0.3 is 15.4 Å². The minimum atomic E-state index is -0.305. The van der Waals surface area contributed by atoms with E-state index in [2.05, 4.69) is 0 Å². The number of carbonyl (C=O) groups excluding carboxylic acids is 1. The summed E-state index contributed by atoms with van der Waals surface area (Å²) in [5.74, 6) is -0.0185. The van der Waals surface area contributed by atoms with Gasteiger partial charge in [0.15, 0.2) is 0 Å². The van der Waals surface area contributed by atoms with Gasteiger partial charge in [-0.3, -0.25) is 4.79 Å². The minimum absolute atomic E-state index is 0.0185. The summed E-state index contributed by atoms with van der Waals surface area (Å²) in [4.78, 5) is 13.8. The molecular weight excluding hydrogens is 212 g/mol. The van der Waals surface area contributed by atoms with Crippen LogP contribution in [0.1, 0.15) is 26.2 Å². The van der Waals surface area contributed by atoms with Crippen molar-refractivity contribution in [2.45, 2.75) is 38.3 Å². The van der Waals surface area contributed by atoms with Gasteiger partial charge in [0.05, 0.1) is 11.0 Å². The maximum absolute atomic E-state index is 11.9. The van der Waals surface area contributed by atoms with E-state index in [4.69, 9.17) is 22.7 Å². The Kier molecular flexibility index (Phi) is 4.47. The fourth-order valence-electron chi connectivity index (χ4n) is 1.54. The number of hydrogen-bond acceptors (Lipinski definition) is 3. The summed E-state index contributed by atoms with van der Waals surface area (Å²) >= 11 is 4.86. The molecule has 1 fully saturated rings. The fourth-order valence-corrected chi connectivity index (χ4v) is 1.70. The molecule has 0 aromatic carbocycles. The first-order chi connectivity index (χ1) is 7.04. The fraction of sp³-hybridized carbons (Fsp3) is 0.800. The zero-order valence-corrected chi connectivity index (χ0v) is 10.0. The maximum atomic E-state index is 11.9. The van der Waals surface area contributed by atoms with Crippen LogP contribution >= 0.6 is 12.2 Å². The molecule has 1 aliphatic heterocycles. The van der Waals surface area contributed by atoms with Crippen molar-refractivity contribution in [3.63, 3.8) is 0 Å². The first kappa shape index (κ1) is 12.4. The standard InChI is InChI=1S/C10H18N2O2S/c1-7(9(11)15)12(2)10(13)8-5-3-4-6-14-8/h7-8H,3-6H2,1-2H3,(H2,11,15). The summed E-state index contributed by atoms with van der Waals surface area (Å²) in [6, 6.07) is -0.210. The van der Waals surface area contributed by atoms with Crippen LogP contribution in [-0.2, 0) is 9.53 Å². The third-order valence-corrected chi connectivity index (χ3v) is 3.14. The SMILES string of the molecule is CC(C(N)=S)N(C)C(=O)C1CCCCO1. The van der Waals surface area contributed by atoms with E-state index in [0.29, 0.717) is 11.6 Å². The van der Waals surface area contributed by atoms with Crippen LogP contribution in [0.5, 0.6) is 0 Å². The predicted molar refractivity (Wildman–Crippen MR) is 62.6 cm³/mol. The highest BCUT2D eigenvalue weighted by atomic mass is 32.1. The number of nitrogens with two attached hydrogens (primary N) is 1. The summed E-state index contributed by atoms with van der Waals surface area (Å²) in [7, 11) is 1.71. The van der Waals surface area contributed by atoms with Gasteiger partial charge in [0.2, 0.25) is 0 Å². The molecule has 0 saturated carbocycles. The third kappa shape index (κ3) is 3.14. The smallest absolute Gasteiger partial charge is 0.252 e. The summed E-state index contributed by atoms with van der Waals surface area (Å²) in [6.45, 7) is 2.49. The quantitative estimate of drug-likeness (QED) is 0.725. The molecule has 0 aromatic rings. The Morgan fingerprint density at radius 3 is 2.73 bits per heavy atom. The van der Waals surface area contributed by atoms with E-state index in [1.165, 1.54) is 0 Å². The molecule has 5 heteroatoms. The molecular formula is C10H18N2O2S. The lowest BCUT2D eigenvalue weighted by atomic mass is 10.1. The van der Waals surface area contributed by atoms with Crippen molar-refractivity contribution >= 4 is 23.1 Å². The number of likely N-dealkylation sites (N-methyl/N-ethyl adjacent to an activating group) is 1. The van der Waals surface area contributed by atoms with Crippen LogP contribution in [0.25, 0.3) is 0 Å². The van der Waals surface area contributed by atoms with Crippen LogP contribution in [0.2, 0.25) is 0 Å². The van der Waals surface area contributed by atoms with Crippen molar-refractivity contribution in [1.29, 1.82) is 0 Å². The van der Waals surface area contributed by atoms with Crippen molar-refractivity contribution in [2.75, 3.05) is 13.7 Å². The van der Waals surface area contributed by atoms with Crippen LogP contribution in [-0.4, -0.2) is 41.6 Å². The van der Waals surface area contributed by atoms with E-state index in [1.807, 2.05) is 6.92 Å². The van der Waals surface area contributed by atoms with Gasteiger partial charge in [-0.2, -0.15) is 0 Å². The summed E-state index contributed by atoms with van der Waals surface area (Å²) in [5.41, 5.74) is 5.50. The molecule has 0 aromatic heterocycles. The van der Waals surface area contributed by atoms with Gasteiger partial charge in [0.25, 0.3) is 5.91 Å². The molecule has 2 atom stereocenters. The van der Waals surface area contributed by atoms with Gasteiger partial charge in [-0.1, -0.05) is 12.2 Å². The highest BCUT2D eigenvalue weighted by molar-refractivity contribution is 7.80. The lowest BCUT2D eigenvalue weighted by Crippen LogP contribution is -2.48. The number of nitrogens with zero attached hydrogens (tertiary/aromatic N) is 1. The number of hydrogen-bond donors (Lipinski definition) is 1. The molecule has 1 amide bonds. The van der Waals surface area contributed by atoms with E-state index < -0.39 is 0 Å². The second kappa shape index (κ2) is 5.42. The molecule has 0 spiro atoms. The Morgan fingerprint density at radius 1 is 1.60 bits per heavy atom. The van der Waals surface area contributed by atoms with E-state index in [1.54, 1.807) is 11.9 Å². The van der Waals surface area contributed by atoms with Gasteiger partial charge in [0, 0.05) is 13.7 Å². The van der Waals surface area contributed by atoms with E-state index in [-0.39, 0.29) is 18.1 Å². The highest BCUT2D eigenvalue weighted by Gasteiger charge is 2.27.